The zero-order valence-corrected chi connectivity index (χ0v) is 7.82. The molecular weight excluding hydrogens is 259 g/mol. The Morgan fingerprint density at radius 1 is 1.00 bits per heavy atom. The van der Waals surface area contributed by atoms with Crippen LogP contribution in [-0.4, -0.2) is 0 Å². The van der Waals surface area contributed by atoms with Crippen molar-refractivity contribution in [3.8, 4) is 0 Å². The molecule has 0 aliphatic carbocycles. The van der Waals surface area contributed by atoms with Crippen molar-refractivity contribution >= 4 is 9.90 Å². The Morgan fingerprint density at radius 2 is 1.00 bits per heavy atom. The van der Waals surface area contributed by atoms with E-state index in [1.54, 1.807) is 0 Å². The van der Waals surface area contributed by atoms with Crippen LogP contribution in [0.25, 0.3) is 0 Å². The molecule has 1 atom stereocenters. The van der Waals surface area contributed by atoms with E-state index < -0.39 is 0 Å². The van der Waals surface area contributed by atoms with Crippen LogP contribution < -0.4 is 0 Å². The minimum Gasteiger partial charge on any atom is -0.153 e. The Morgan fingerprint density at radius 3 is 1.00 bits per heavy atom. The fourth-order valence-corrected chi connectivity index (χ4v) is 0. The minimum absolute atomic E-state index is 0. The minimum atomic E-state index is 0. The van der Waals surface area contributed by atoms with Crippen LogP contribution in [0.3, 0.4) is 0 Å². The summed E-state index contributed by atoms with van der Waals surface area (Å²) in [5.74, 6) is 0. The predicted molar refractivity (Wildman–Crippen MR) is 11.1 cm³/mol. The molecule has 0 amide bonds. The van der Waals surface area contributed by atoms with Gasteiger partial charge in [-0.25, -0.2) is 0 Å². The summed E-state index contributed by atoms with van der Waals surface area (Å²) in [5, 5.41) is 0. The molecule has 0 bridgehead atoms. The van der Waals surface area contributed by atoms with Crippen molar-refractivity contribution in [3.63, 3.8) is 0 Å². The van der Waals surface area contributed by atoms with E-state index in [9.17, 15) is 0 Å². The fraction of sp³-hybridized carbons (Fsp3) is 0. The number of hydrogen-bond donors (Lipinski definition) is 0. The fourth-order valence-electron chi connectivity index (χ4n) is 0. The normalized spacial score (nSPS) is 0. The quantitative estimate of drug-likeness (QED) is 0.427. The van der Waals surface area contributed by atoms with Crippen molar-refractivity contribution in [3.05, 3.63) is 0 Å². The molecule has 0 aliphatic rings. The SMILES string of the molecule is P.[Co].[Fe].[Mn].[Ni]. The van der Waals surface area contributed by atoms with Gasteiger partial charge < -0.3 is 0 Å². The molecule has 5 heteroatoms. The van der Waals surface area contributed by atoms with Crippen LogP contribution in [-0.2, 0) is 67.4 Å². The summed E-state index contributed by atoms with van der Waals surface area (Å²) >= 11 is 0. The van der Waals surface area contributed by atoms with Crippen LogP contribution in [0.4, 0.5) is 0 Å². The number of hydrogen-bond acceptors (Lipinski definition) is 0. The van der Waals surface area contributed by atoms with Gasteiger partial charge in [0.2, 0.25) is 0 Å². The molecule has 0 heterocycles. The average molecular weight is 262 g/mol. The zero-order chi connectivity index (χ0) is 0. The van der Waals surface area contributed by atoms with Crippen LogP contribution in [0.15, 0.2) is 0 Å². The molecule has 5 heavy (non-hydrogen) atoms. The van der Waals surface area contributed by atoms with E-state index >= 15 is 0 Å². The van der Waals surface area contributed by atoms with Crippen molar-refractivity contribution in [2.24, 2.45) is 0 Å². The van der Waals surface area contributed by atoms with Crippen LogP contribution >= 0.6 is 9.90 Å². The Kier molecular flexibility index (Phi) is 325. The smallest absolute Gasteiger partial charge is 0 e. The second-order valence-corrected chi connectivity index (χ2v) is 0. The molecule has 0 fully saturated rings. The standard InChI is InChI=1S/Co.Fe.Mn.Ni.H3P/h;;;;1H3. The first-order valence-corrected chi connectivity index (χ1v) is 0. The molecule has 0 aromatic rings. The summed E-state index contributed by atoms with van der Waals surface area (Å²) in [5.41, 5.74) is 0. The molecular formula is H3CoFeMnNiP. The Balaban J connectivity index is 0. The maximum absolute atomic E-state index is 0. The summed E-state index contributed by atoms with van der Waals surface area (Å²) in [7, 11) is 0. The van der Waals surface area contributed by atoms with E-state index in [4.69, 9.17) is 0 Å². The van der Waals surface area contributed by atoms with E-state index in [0.717, 1.165) is 0 Å². The maximum Gasteiger partial charge on any atom is 0 e. The molecule has 2 radical (unpaired) electrons. The van der Waals surface area contributed by atoms with E-state index in [0.29, 0.717) is 0 Å². The molecule has 1 unspecified atom stereocenters. The van der Waals surface area contributed by atoms with Crippen LogP contribution in [0.5, 0.6) is 0 Å². The Bertz CT molecular complexity index is 11.6. The van der Waals surface area contributed by atoms with Crippen molar-refractivity contribution in [1.29, 1.82) is 0 Å². The third kappa shape index (κ3) is 21.2. The van der Waals surface area contributed by atoms with E-state index in [1.807, 2.05) is 0 Å². The van der Waals surface area contributed by atoms with Crippen molar-refractivity contribution in [2.45, 2.75) is 0 Å². The van der Waals surface area contributed by atoms with Gasteiger partial charge in [0.05, 0.1) is 0 Å². The van der Waals surface area contributed by atoms with Gasteiger partial charge in [0.1, 0.15) is 0 Å². The molecule has 0 spiro atoms. The molecule has 0 N–H and O–H groups in total. The van der Waals surface area contributed by atoms with Gasteiger partial charge in [-0.15, -0.1) is 0 Å². The third-order valence-electron chi connectivity index (χ3n) is 0. The van der Waals surface area contributed by atoms with Gasteiger partial charge in [-0.05, 0) is 0 Å². The second-order valence-electron chi connectivity index (χ2n) is 0. The summed E-state index contributed by atoms with van der Waals surface area (Å²) in [6, 6.07) is 0. The van der Waals surface area contributed by atoms with Gasteiger partial charge in [0, 0.05) is 67.4 Å². The van der Waals surface area contributed by atoms with Crippen LogP contribution in [0.1, 0.15) is 0 Å². The third-order valence-corrected chi connectivity index (χ3v) is 0. The molecule has 0 aromatic carbocycles. The predicted octanol–water partition coefficient (Wildman–Crippen LogP) is 0.0481. The van der Waals surface area contributed by atoms with Gasteiger partial charge in [-0.2, -0.15) is 9.90 Å². The van der Waals surface area contributed by atoms with Gasteiger partial charge in [-0.3, -0.25) is 0 Å². The summed E-state index contributed by atoms with van der Waals surface area (Å²) < 4.78 is 0. The maximum atomic E-state index is 0. The monoisotopic (exact) mass is 262 g/mol. The van der Waals surface area contributed by atoms with Crippen molar-refractivity contribution < 1.29 is 67.4 Å². The van der Waals surface area contributed by atoms with E-state index in [-0.39, 0.29) is 77.3 Å². The molecule has 0 nitrogen and oxygen atoms in total. The van der Waals surface area contributed by atoms with Crippen molar-refractivity contribution in [2.75, 3.05) is 0 Å². The molecule has 0 rings (SSSR count). The van der Waals surface area contributed by atoms with E-state index in [2.05, 4.69) is 0 Å². The first-order chi connectivity index (χ1) is 0. The van der Waals surface area contributed by atoms with Gasteiger partial charge in [0.15, 0.2) is 0 Å². The number of rotatable bonds is 0. The van der Waals surface area contributed by atoms with Crippen molar-refractivity contribution in [1.82, 2.24) is 0 Å². The summed E-state index contributed by atoms with van der Waals surface area (Å²) in [4.78, 5) is 0. The first kappa shape index (κ1) is 51.3. The first-order valence-electron chi connectivity index (χ1n) is 0. The molecule has 42 valence electrons. The van der Waals surface area contributed by atoms with Crippen LogP contribution in [0.2, 0.25) is 0 Å². The summed E-state index contributed by atoms with van der Waals surface area (Å²) in [6.07, 6.45) is 0. The molecule has 0 aliphatic heterocycles. The van der Waals surface area contributed by atoms with Crippen LogP contribution in [0, 0.1) is 0 Å². The van der Waals surface area contributed by atoms with Gasteiger partial charge in [-0.1, -0.05) is 0 Å². The largest absolute Gasteiger partial charge is 0.153 e. The molecule has 0 saturated heterocycles. The topological polar surface area (TPSA) is 0 Å². The Hall–Kier alpha value is 2.47. The second kappa shape index (κ2) is 31.7. The van der Waals surface area contributed by atoms with Gasteiger partial charge >= 0.3 is 0 Å². The molecule has 0 aromatic heterocycles. The Labute approximate surface area is 76.7 Å². The zero-order valence-electron chi connectivity index (χ0n) is 2.09. The molecule has 0 saturated carbocycles. The van der Waals surface area contributed by atoms with E-state index in [1.165, 1.54) is 0 Å². The average Bonchev–Trinajstić information content (AvgIpc) is 0. The summed E-state index contributed by atoms with van der Waals surface area (Å²) in [6.45, 7) is 0. The van der Waals surface area contributed by atoms with Gasteiger partial charge in [0.25, 0.3) is 0 Å².